The van der Waals surface area contributed by atoms with Gasteiger partial charge in [0.15, 0.2) is 16.6 Å². The molecule has 0 aliphatic heterocycles. The smallest absolute Gasteiger partial charge is 0.183 e. The van der Waals surface area contributed by atoms with Gasteiger partial charge in [0.2, 0.25) is 0 Å². The third-order valence-electron chi connectivity index (χ3n) is 2.81. The molecule has 1 aromatic carbocycles. The van der Waals surface area contributed by atoms with Crippen molar-refractivity contribution in [3.05, 3.63) is 12.1 Å². The average molecular weight is 308 g/mol. The number of benzene rings is 1. The summed E-state index contributed by atoms with van der Waals surface area (Å²) in [6.07, 6.45) is 0. The Morgan fingerprint density at radius 3 is 2.14 bits per heavy atom. The Hall–Kier alpha value is -1.49. The Morgan fingerprint density at radius 2 is 1.62 bits per heavy atom. The number of nitrogens with zero attached hydrogens (tertiary/aromatic N) is 1. The van der Waals surface area contributed by atoms with Gasteiger partial charge < -0.3 is 14.8 Å². The van der Waals surface area contributed by atoms with Crippen LogP contribution < -0.4 is 14.8 Å². The quantitative estimate of drug-likeness (QED) is 0.823. The zero-order valence-corrected chi connectivity index (χ0v) is 14.2. The molecule has 0 bridgehead atoms. The molecule has 2 aromatic rings. The summed E-state index contributed by atoms with van der Waals surface area (Å²) in [6, 6.07) is 4.01. The van der Waals surface area contributed by atoms with Crippen LogP contribution in [0.1, 0.15) is 27.7 Å². The van der Waals surface area contributed by atoms with Gasteiger partial charge in [0.1, 0.15) is 0 Å². The highest BCUT2D eigenvalue weighted by Crippen LogP contribution is 2.36. The third kappa shape index (κ3) is 4.24. The summed E-state index contributed by atoms with van der Waals surface area (Å²) < 4.78 is 12.9. The molecule has 1 N–H and O–H groups in total. The minimum atomic E-state index is 0.474. The Labute approximate surface area is 130 Å². The highest BCUT2D eigenvalue weighted by molar-refractivity contribution is 7.22. The minimum Gasteiger partial charge on any atom is -0.489 e. The fourth-order valence-corrected chi connectivity index (χ4v) is 2.61. The Morgan fingerprint density at radius 1 is 1.05 bits per heavy atom. The molecule has 0 aliphatic rings. The van der Waals surface area contributed by atoms with Crippen molar-refractivity contribution >= 4 is 26.7 Å². The number of ether oxygens (including phenoxy) is 2. The lowest BCUT2D eigenvalue weighted by Gasteiger charge is -2.15. The average Bonchev–Trinajstić information content (AvgIpc) is 2.83. The van der Waals surface area contributed by atoms with Crippen molar-refractivity contribution in [2.45, 2.75) is 27.7 Å². The molecule has 5 heteroatoms. The number of fused-ring (bicyclic) bond motifs is 1. The van der Waals surface area contributed by atoms with E-state index in [0.29, 0.717) is 25.0 Å². The fraction of sp³-hybridized carbons (Fsp3) is 0.562. The van der Waals surface area contributed by atoms with Crippen LogP contribution in [0.2, 0.25) is 0 Å². The van der Waals surface area contributed by atoms with E-state index in [1.165, 1.54) is 0 Å². The van der Waals surface area contributed by atoms with Gasteiger partial charge in [0.25, 0.3) is 0 Å². The molecular formula is C16H24N2O2S. The lowest BCUT2D eigenvalue weighted by molar-refractivity contribution is 0.230. The maximum absolute atomic E-state index is 5.92. The largest absolute Gasteiger partial charge is 0.489 e. The predicted octanol–water partition coefficient (Wildman–Crippen LogP) is 4.41. The van der Waals surface area contributed by atoms with E-state index in [1.54, 1.807) is 11.3 Å². The highest BCUT2D eigenvalue weighted by Gasteiger charge is 2.13. The number of rotatable bonds is 7. The van der Waals surface area contributed by atoms with E-state index in [4.69, 9.17) is 9.47 Å². The van der Waals surface area contributed by atoms with Crippen molar-refractivity contribution in [3.63, 3.8) is 0 Å². The molecule has 0 radical (unpaired) electrons. The summed E-state index contributed by atoms with van der Waals surface area (Å²) in [5.74, 6) is 2.54. The van der Waals surface area contributed by atoms with Gasteiger partial charge in [-0.3, -0.25) is 0 Å². The molecule has 0 unspecified atom stereocenters. The molecule has 0 amide bonds. The first-order valence-electron chi connectivity index (χ1n) is 7.37. The van der Waals surface area contributed by atoms with Crippen LogP contribution in [0.15, 0.2) is 12.1 Å². The van der Waals surface area contributed by atoms with Crippen molar-refractivity contribution in [3.8, 4) is 11.5 Å². The fourth-order valence-electron chi connectivity index (χ4n) is 1.78. The van der Waals surface area contributed by atoms with Crippen molar-refractivity contribution in [2.75, 3.05) is 25.6 Å². The summed E-state index contributed by atoms with van der Waals surface area (Å²) in [4.78, 5) is 4.53. The molecule has 21 heavy (non-hydrogen) atoms. The van der Waals surface area contributed by atoms with Gasteiger partial charge in [-0.05, 0) is 11.8 Å². The molecule has 0 atom stereocenters. The summed E-state index contributed by atoms with van der Waals surface area (Å²) in [5.41, 5.74) is 0.944. The number of thiazole rings is 1. The highest BCUT2D eigenvalue weighted by atomic mass is 32.1. The van der Waals surface area contributed by atoms with E-state index >= 15 is 0 Å². The summed E-state index contributed by atoms with van der Waals surface area (Å²) in [7, 11) is 1.88. The Balaban J connectivity index is 2.32. The molecule has 116 valence electrons. The first kappa shape index (κ1) is 15.9. The molecular weight excluding hydrogens is 284 g/mol. The van der Waals surface area contributed by atoms with Crippen molar-refractivity contribution < 1.29 is 9.47 Å². The first-order chi connectivity index (χ1) is 9.99. The van der Waals surface area contributed by atoms with Gasteiger partial charge in [-0.25, -0.2) is 4.98 Å². The van der Waals surface area contributed by atoms with Crippen LogP contribution >= 0.6 is 11.3 Å². The number of aromatic nitrogens is 1. The molecule has 0 fully saturated rings. The zero-order valence-electron chi connectivity index (χ0n) is 13.4. The molecule has 0 aliphatic carbocycles. The third-order valence-corrected chi connectivity index (χ3v) is 3.85. The van der Waals surface area contributed by atoms with Crippen molar-refractivity contribution in [1.82, 2.24) is 4.98 Å². The van der Waals surface area contributed by atoms with Crippen LogP contribution in [0.25, 0.3) is 10.2 Å². The van der Waals surface area contributed by atoms with Crippen LogP contribution in [0.5, 0.6) is 11.5 Å². The van der Waals surface area contributed by atoms with Crippen LogP contribution in [0.4, 0.5) is 5.13 Å². The number of hydrogen-bond acceptors (Lipinski definition) is 5. The van der Waals surface area contributed by atoms with Crippen LogP contribution in [-0.4, -0.2) is 25.2 Å². The molecule has 2 rings (SSSR count). The summed E-state index contributed by atoms with van der Waals surface area (Å²) >= 11 is 1.62. The molecule has 1 aromatic heterocycles. The second-order valence-electron chi connectivity index (χ2n) is 5.95. The SMILES string of the molecule is CNc1nc2cc(OCC(C)C)c(OCC(C)C)cc2s1. The summed E-state index contributed by atoms with van der Waals surface area (Å²) in [5, 5.41) is 3.99. The van der Waals surface area contributed by atoms with Gasteiger partial charge in [-0.15, -0.1) is 0 Å². The molecule has 0 saturated carbocycles. The molecule has 0 spiro atoms. The van der Waals surface area contributed by atoms with Crippen molar-refractivity contribution in [2.24, 2.45) is 11.8 Å². The monoisotopic (exact) mass is 308 g/mol. The lowest BCUT2D eigenvalue weighted by atomic mass is 10.2. The zero-order chi connectivity index (χ0) is 15.4. The van der Waals surface area contributed by atoms with Gasteiger partial charge in [0.05, 0.1) is 23.4 Å². The van der Waals surface area contributed by atoms with Gasteiger partial charge >= 0.3 is 0 Å². The Kier molecular flexibility index (Phi) is 5.28. The second kappa shape index (κ2) is 6.98. The molecule has 4 nitrogen and oxygen atoms in total. The van der Waals surface area contributed by atoms with Gasteiger partial charge in [-0.2, -0.15) is 0 Å². The maximum atomic E-state index is 5.92. The van der Waals surface area contributed by atoms with Gasteiger partial charge in [-0.1, -0.05) is 39.0 Å². The van der Waals surface area contributed by atoms with Crippen LogP contribution in [0, 0.1) is 11.8 Å². The normalized spacial score (nSPS) is 11.4. The maximum Gasteiger partial charge on any atom is 0.183 e. The van der Waals surface area contributed by atoms with E-state index < -0.39 is 0 Å². The summed E-state index contributed by atoms with van der Waals surface area (Å²) in [6.45, 7) is 9.90. The lowest BCUT2D eigenvalue weighted by Crippen LogP contribution is -2.08. The van der Waals surface area contributed by atoms with E-state index in [9.17, 15) is 0 Å². The van der Waals surface area contributed by atoms with Crippen molar-refractivity contribution in [1.29, 1.82) is 0 Å². The molecule has 0 saturated heterocycles. The Bertz CT molecular complexity index is 544. The first-order valence-corrected chi connectivity index (χ1v) is 8.19. The van der Waals surface area contributed by atoms with E-state index in [1.807, 2.05) is 19.2 Å². The molecule has 1 heterocycles. The van der Waals surface area contributed by atoms with Crippen LogP contribution in [0.3, 0.4) is 0 Å². The van der Waals surface area contributed by atoms with E-state index in [2.05, 4.69) is 38.0 Å². The second-order valence-corrected chi connectivity index (χ2v) is 6.98. The minimum absolute atomic E-state index is 0.474. The predicted molar refractivity (Wildman–Crippen MR) is 89.8 cm³/mol. The van der Waals surface area contributed by atoms with Gasteiger partial charge in [0, 0.05) is 19.2 Å². The standard InChI is InChI=1S/C16H24N2O2S/c1-10(2)8-19-13-6-12-15(21-16(17-5)18-12)7-14(13)20-9-11(3)4/h6-7,10-11H,8-9H2,1-5H3,(H,17,18). The van der Waals surface area contributed by atoms with E-state index in [-0.39, 0.29) is 0 Å². The number of anilines is 1. The van der Waals surface area contributed by atoms with E-state index in [0.717, 1.165) is 26.8 Å². The number of hydrogen-bond donors (Lipinski definition) is 1. The topological polar surface area (TPSA) is 43.4 Å². The van der Waals surface area contributed by atoms with Crippen LogP contribution in [-0.2, 0) is 0 Å². The number of nitrogens with one attached hydrogen (secondary N) is 1.